The van der Waals surface area contributed by atoms with Crippen LogP contribution in [0.1, 0.15) is 16.8 Å². The molecule has 0 bridgehead atoms. The molecule has 0 fully saturated rings. The van der Waals surface area contributed by atoms with E-state index in [-0.39, 0.29) is 0 Å². The average Bonchev–Trinajstić information content (AvgIpc) is 2.96. The molecule has 23 heavy (non-hydrogen) atoms. The molecule has 0 aliphatic carbocycles. The highest BCUT2D eigenvalue weighted by Gasteiger charge is 2.13. The number of pyridine rings is 1. The Morgan fingerprint density at radius 2 is 1.57 bits per heavy atom. The van der Waals surface area contributed by atoms with Gasteiger partial charge in [-0.3, -0.25) is 0 Å². The molecule has 0 saturated heterocycles. The SMILES string of the molecule is Cc1ccc(Cc2c(-c3ccccc3)nc3ccccn23)cc1. The van der Waals surface area contributed by atoms with Gasteiger partial charge in [-0.05, 0) is 24.6 Å². The molecule has 0 spiro atoms. The first-order chi connectivity index (χ1) is 11.3. The summed E-state index contributed by atoms with van der Waals surface area (Å²) in [6, 6.07) is 25.3. The van der Waals surface area contributed by atoms with Crippen molar-refractivity contribution in [3.8, 4) is 11.3 Å². The minimum atomic E-state index is 0.871. The first-order valence-corrected chi connectivity index (χ1v) is 7.88. The summed E-state index contributed by atoms with van der Waals surface area (Å²) in [7, 11) is 0. The quantitative estimate of drug-likeness (QED) is 0.526. The first-order valence-electron chi connectivity index (χ1n) is 7.88. The number of rotatable bonds is 3. The fraction of sp³-hybridized carbons (Fsp3) is 0.0952. The third-order valence-corrected chi connectivity index (χ3v) is 4.17. The number of imidazole rings is 1. The van der Waals surface area contributed by atoms with Gasteiger partial charge in [0.2, 0.25) is 0 Å². The molecule has 2 nitrogen and oxygen atoms in total. The summed E-state index contributed by atoms with van der Waals surface area (Å²) >= 11 is 0. The van der Waals surface area contributed by atoms with Crippen LogP contribution in [-0.2, 0) is 6.42 Å². The van der Waals surface area contributed by atoms with E-state index >= 15 is 0 Å². The number of fused-ring (bicyclic) bond motifs is 1. The number of benzene rings is 2. The van der Waals surface area contributed by atoms with Crippen LogP contribution in [-0.4, -0.2) is 9.38 Å². The lowest BCUT2D eigenvalue weighted by Crippen LogP contribution is -1.96. The van der Waals surface area contributed by atoms with Crippen LogP contribution in [0.3, 0.4) is 0 Å². The fourth-order valence-corrected chi connectivity index (χ4v) is 2.94. The minimum absolute atomic E-state index is 0.871. The smallest absolute Gasteiger partial charge is 0.137 e. The maximum absolute atomic E-state index is 4.86. The van der Waals surface area contributed by atoms with E-state index in [1.165, 1.54) is 22.4 Å². The zero-order valence-electron chi connectivity index (χ0n) is 13.1. The Labute approximate surface area is 136 Å². The lowest BCUT2D eigenvalue weighted by molar-refractivity contribution is 1.03. The molecule has 0 saturated carbocycles. The van der Waals surface area contributed by atoms with Gasteiger partial charge in [0.05, 0.1) is 11.4 Å². The summed E-state index contributed by atoms with van der Waals surface area (Å²) in [5.41, 5.74) is 7.05. The van der Waals surface area contributed by atoms with Gasteiger partial charge in [-0.2, -0.15) is 0 Å². The Morgan fingerprint density at radius 1 is 0.826 bits per heavy atom. The molecule has 0 atom stereocenters. The Hall–Kier alpha value is -2.87. The molecule has 0 unspecified atom stereocenters. The van der Waals surface area contributed by atoms with E-state index in [4.69, 9.17) is 4.98 Å². The first kappa shape index (κ1) is 13.8. The van der Waals surface area contributed by atoms with E-state index in [0.29, 0.717) is 0 Å². The molecular formula is C21H18N2. The van der Waals surface area contributed by atoms with Crippen LogP contribution in [0.15, 0.2) is 79.0 Å². The van der Waals surface area contributed by atoms with Gasteiger partial charge in [0, 0.05) is 18.2 Å². The predicted molar refractivity (Wildman–Crippen MR) is 94.6 cm³/mol. The molecule has 2 aromatic heterocycles. The number of hydrogen-bond acceptors (Lipinski definition) is 1. The second kappa shape index (κ2) is 5.73. The maximum atomic E-state index is 4.86. The van der Waals surface area contributed by atoms with Gasteiger partial charge in [0.25, 0.3) is 0 Å². The topological polar surface area (TPSA) is 17.3 Å². The lowest BCUT2D eigenvalue weighted by atomic mass is 10.0. The summed E-state index contributed by atoms with van der Waals surface area (Å²) in [6.45, 7) is 2.12. The molecule has 0 radical (unpaired) electrons. The summed E-state index contributed by atoms with van der Waals surface area (Å²) in [5, 5.41) is 0. The number of hydrogen-bond donors (Lipinski definition) is 0. The predicted octanol–water partition coefficient (Wildman–Crippen LogP) is 4.90. The van der Waals surface area contributed by atoms with Crippen molar-refractivity contribution in [2.75, 3.05) is 0 Å². The van der Waals surface area contributed by atoms with Gasteiger partial charge in [0.15, 0.2) is 0 Å². The normalized spacial score (nSPS) is 11.0. The zero-order chi connectivity index (χ0) is 15.6. The van der Waals surface area contributed by atoms with E-state index in [0.717, 1.165) is 17.8 Å². The third-order valence-electron chi connectivity index (χ3n) is 4.17. The van der Waals surface area contributed by atoms with Crippen LogP contribution in [0.4, 0.5) is 0 Å². The highest BCUT2D eigenvalue weighted by Crippen LogP contribution is 2.26. The van der Waals surface area contributed by atoms with Gasteiger partial charge < -0.3 is 4.40 Å². The van der Waals surface area contributed by atoms with E-state index in [1.807, 2.05) is 12.1 Å². The summed E-state index contributed by atoms with van der Waals surface area (Å²) < 4.78 is 2.20. The average molecular weight is 298 g/mol. The van der Waals surface area contributed by atoms with Crippen LogP contribution in [0.5, 0.6) is 0 Å². The molecule has 2 heterocycles. The van der Waals surface area contributed by atoms with Crippen molar-refractivity contribution in [1.29, 1.82) is 0 Å². The largest absolute Gasteiger partial charge is 0.303 e. The van der Waals surface area contributed by atoms with E-state index < -0.39 is 0 Å². The number of nitrogens with zero attached hydrogens (tertiary/aromatic N) is 2. The van der Waals surface area contributed by atoms with Crippen LogP contribution in [0.2, 0.25) is 0 Å². The summed E-state index contributed by atoms with van der Waals surface area (Å²) in [5.74, 6) is 0. The maximum Gasteiger partial charge on any atom is 0.137 e. The number of aryl methyl sites for hydroxylation is 1. The van der Waals surface area contributed by atoms with Crippen molar-refractivity contribution in [3.05, 3.63) is 95.8 Å². The van der Waals surface area contributed by atoms with E-state index in [2.05, 4.69) is 78.2 Å². The molecule has 0 aliphatic heterocycles. The van der Waals surface area contributed by atoms with Gasteiger partial charge in [-0.1, -0.05) is 66.2 Å². The van der Waals surface area contributed by atoms with Crippen LogP contribution in [0.25, 0.3) is 16.9 Å². The fourth-order valence-electron chi connectivity index (χ4n) is 2.94. The van der Waals surface area contributed by atoms with E-state index in [1.54, 1.807) is 0 Å². The van der Waals surface area contributed by atoms with Gasteiger partial charge in [-0.15, -0.1) is 0 Å². The van der Waals surface area contributed by atoms with Crippen molar-refractivity contribution in [2.24, 2.45) is 0 Å². The van der Waals surface area contributed by atoms with Crippen molar-refractivity contribution in [2.45, 2.75) is 13.3 Å². The second-order valence-corrected chi connectivity index (χ2v) is 5.86. The Morgan fingerprint density at radius 3 is 2.35 bits per heavy atom. The van der Waals surface area contributed by atoms with Crippen molar-refractivity contribution >= 4 is 5.65 Å². The molecule has 0 amide bonds. The lowest BCUT2D eigenvalue weighted by Gasteiger charge is -2.06. The molecule has 2 heteroatoms. The second-order valence-electron chi connectivity index (χ2n) is 5.86. The van der Waals surface area contributed by atoms with Crippen molar-refractivity contribution < 1.29 is 0 Å². The monoisotopic (exact) mass is 298 g/mol. The molecule has 4 rings (SSSR count). The molecule has 4 aromatic rings. The van der Waals surface area contributed by atoms with Crippen molar-refractivity contribution in [1.82, 2.24) is 9.38 Å². The Bertz CT molecular complexity index is 935. The van der Waals surface area contributed by atoms with Crippen LogP contribution in [0, 0.1) is 6.92 Å². The van der Waals surface area contributed by atoms with Gasteiger partial charge in [0.1, 0.15) is 5.65 Å². The summed E-state index contributed by atoms with van der Waals surface area (Å²) in [6.07, 6.45) is 2.97. The molecule has 0 aliphatic rings. The number of aromatic nitrogens is 2. The zero-order valence-corrected chi connectivity index (χ0v) is 13.1. The highest BCUT2D eigenvalue weighted by molar-refractivity contribution is 5.67. The third kappa shape index (κ3) is 2.64. The van der Waals surface area contributed by atoms with Gasteiger partial charge in [-0.25, -0.2) is 4.98 Å². The standard InChI is InChI=1S/C21H18N2/c1-16-10-12-17(13-11-16)15-19-21(18-7-3-2-4-8-18)22-20-9-5-6-14-23(19)20/h2-14H,15H2,1H3. The molecule has 112 valence electrons. The summed E-state index contributed by atoms with van der Waals surface area (Å²) in [4.78, 5) is 4.86. The Kier molecular flexibility index (Phi) is 3.43. The van der Waals surface area contributed by atoms with Crippen molar-refractivity contribution in [3.63, 3.8) is 0 Å². The molecule has 0 N–H and O–H groups in total. The minimum Gasteiger partial charge on any atom is -0.303 e. The molecular weight excluding hydrogens is 280 g/mol. The Balaban J connectivity index is 1.87. The van der Waals surface area contributed by atoms with Gasteiger partial charge >= 0.3 is 0 Å². The van der Waals surface area contributed by atoms with Crippen LogP contribution < -0.4 is 0 Å². The van der Waals surface area contributed by atoms with E-state index in [9.17, 15) is 0 Å². The van der Waals surface area contributed by atoms with Crippen LogP contribution >= 0.6 is 0 Å². The molecule has 2 aromatic carbocycles. The highest BCUT2D eigenvalue weighted by atomic mass is 15.0.